The molecule has 1 aliphatic heterocycles. The van der Waals surface area contributed by atoms with E-state index >= 15 is 8.78 Å². The lowest BCUT2D eigenvalue weighted by molar-refractivity contribution is -0.159. The quantitative estimate of drug-likeness (QED) is 0.443. The molecular weight excluding hydrogens is 531 g/mol. The first kappa shape index (κ1) is 26.6. The Labute approximate surface area is 220 Å². The Kier molecular flexibility index (Phi) is 7.23. The summed E-state index contributed by atoms with van der Waals surface area (Å²) in [5, 5.41) is 2.78. The molecule has 1 unspecified atom stereocenters. The maximum atomic E-state index is 15.8. The summed E-state index contributed by atoms with van der Waals surface area (Å²) in [6.07, 6.45) is -2.17. The van der Waals surface area contributed by atoms with Crippen molar-refractivity contribution in [3.63, 3.8) is 0 Å². The number of benzene rings is 2. The van der Waals surface area contributed by atoms with Crippen LogP contribution in [0, 0.1) is 5.82 Å². The van der Waals surface area contributed by atoms with Crippen molar-refractivity contribution in [2.75, 3.05) is 6.54 Å². The molecule has 1 heterocycles. The first-order chi connectivity index (χ1) is 18.1. The topological polar surface area (TPSA) is 73.6 Å². The predicted octanol–water partition coefficient (Wildman–Crippen LogP) is 5.15. The molecule has 5 nitrogen and oxygen atoms in total. The minimum Gasteiger partial charge on any atom is -0.480 e. The number of nitrogens with one attached hydrogen (secondary N) is 1. The van der Waals surface area contributed by atoms with Gasteiger partial charge in [-0.15, -0.1) is 0 Å². The van der Waals surface area contributed by atoms with E-state index in [1.807, 2.05) is 18.2 Å². The summed E-state index contributed by atoms with van der Waals surface area (Å²) >= 11 is 6.36. The normalized spacial score (nSPS) is 28.3. The Morgan fingerprint density at radius 3 is 2.58 bits per heavy atom. The fourth-order valence-corrected chi connectivity index (χ4v) is 5.53. The summed E-state index contributed by atoms with van der Waals surface area (Å²) in [5.74, 6) is -1.96. The second-order valence-electron chi connectivity index (χ2n) is 9.62. The zero-order valence-corrected chi connectivity index (χ0v) is 20.7. The summed E-state index contributed by atoms with van der Waals surface area (Å²) in [5.41, 5.74) is 4.37. The Balaban J connectivity index is 1.62. The first-order valence-electron chi connectivity index (χ1n) is 12.0. The lowest BCUT2D eigenvalue weighted by atomic mass is 9.81. The van der Waals surface area contributed by atoms with Crippen LogP contribution in [0.15, 0.2) is 54.1 Å². The van der Waals surface area contributed by atoms with E-state index in [1.54, 1.807) is 12.1 Å². The smallest absolute Gasteiger partial charge is 0.345 e. The van der Waals surface area contributed by atoms with E-state index in [2.05, 4.69) is 10.1 Å². The van der Waals surface area contributed by atoms with Crippen LogP contribution in [-0.4, -0.2) is 43.6 Å². The lowest BCUT2D eigenvalue weighted by Gasteiger charge is -2.36. The fourth-order valence-electron chi connectivity index (χ4n) is 5.26. The van der Waals surface area contributed by atoms with Crippen LogP contribution in [0.2, 0.25) is 5.02 Å². The number of rotatable bonds is 8. The molecule has 2 aromatic rings. The third-order valence-corrected chi connectivity index (χ3v) is 7.58. The van der Waals surface area contributed by atoms with E-state index < -0.39 is 53.0 Å². The molecule has 11 heteroatoms. The Bertz CT molecular complexity index is 1300. The van der Waals surface area contributed by atoms with Crippen LogP contribution in [0.3, 0.4) is 0 Å². The molecule has 2 aliphatic carbocycles. The number of ether oxygens (including phenoxy) is 2. The molecule has 3 atom stereocenters. The average molecular weight is 555 g/mol. The van der Waals surface area contributed by atoms with Crippen molar-refractivity contribution in [2.45, 2.75) is 56.0 Å². The molecule has 0 saturated heterocycles. The van der Waals surface area contributed by atoms with E-state index in [1.165, 1.54) is 0 Å². The zero-order chi connectivity index (χ0) is 27.2. The Hall–Kier alpha value is -2.95. The minimum absolute atomic E-state index is 0.0499. The van der Waals surface area contributed by atoms with Gasteiger partial charge >= 0.3 is 6.61 Å². The molecule has 1 amide bonds. The van der Waals surface area contributed by atoms with Crippen LogP contribution in [0.25, 0.3) is 5.57 Å². The maximum Gasteiger partial charge on any atom is 0.345 e. The van der Waals surface area contributed by atoms with Crippen LogP contribution in [0.5, 0.6) is 5.75 Å². The van der Waals surface area contributed by atoms with Gasteiger partial charge in [0.05, 0.1) is 5.02 Å². The van der Waals surface area contributed by atoms with Crippen molar-refractivity contribution < 1.29 is 36.2 Å². The second kappa shape index (κ2) is 10.3. The number of hydrogen-bond donors (Lipinski definition) is 2. The highest BCUT2D eigenvalue weighted by molar-refractivity contribution is 6.33. The summed E-state index contributed by atoms with van der Waals surface area (Å²) in [6.45, 7) is -3.09. The van der Waals surface area contributed by atoms with Crippen molar-refractivity contribution in [1.82, 2.24) is 5.32 Å². The van der Waals surface area contributed by atoms with Crippen LogP contribution in [-0.2, 0) is 21.6 Å². The molecule has 1 saturated carbocycles. The van der Waals surface area contributed by atoms with Crippen LogP contribution >= 0.6 is 11.6 Å². The molecule has 38 heavy (non-hydrogen) atoms. The van der Waals surface area contributed by atoms with Gasteiger partial charge in [0.1, 0.15) is 23.8 Å². The largest absolute Gasteiger partial charge is 0.480 e. The number of primary amides is 1. The van der Waals surface area contributed by atoms with E-state index in [9.17, 15) is 18.0 Å². The SMILES string of the molecule is NC(=O)C1=C(c2c(Cl)c(F)cc3c2C[C@@](CNC2CC(F)C2)(c2ccccc2)O3)C(F)[C@@H](OC(F)F)C=C1. The Morgan fingerprint density at radius 1 is 1.24 bits per heavy atom. The Morgan fingerprint density at radius 2 is 1.95 bits per heavy atom. The number of halogens is 6. The highest BCUT2D eigenvalue weighted by atomic mass is 35.5. The third-order valence-electron chi connectivity index (χ3n) is 7.21. The highest BCUT2D eigenvalue weighted by Gasteiger charge is 2.46. The number of fused-ring (bicyclic) bond motifs is 1. The van der Waals surface area contributed by atoms with Crippen molar-refractivity contribution >= 4 is 23.1 Å². The van der Waals surface area contributed by atoms with Crippen molar-refractivity contribution in [3.8, 4) is 5.75 Å². The first-order valence-corrected chi connectivity index (χ1v) is 12.4. The molecule has 0 aromatic heterocycles. The predicted molar refractivity (Wildman–Crippen MR) is 131 cm³/mol. The van der Waals surface area contributed by atoms with Crippen molar-refractivity contribution in [3.05, 3.63) is 81.7 Å². The van der Waals surface area contributed by atoms with Gasteiger partial charge in [-0.3, -0.25) is 4.79 Å². The third kappa shape index (κ3) is 4.81. The number of hydrogen-bond acceptors (Lipinski definition) is 4. The molecule has 0 radical (unpaired) electrons. The van der Waals surface area contributed by atoms with E-state index in [0.717, 1.165) is 18.2 Å². The van der Waals surface area contributed by atoms with Crippen LogP contribution in [0.4, 0.5) is 22.0 Å². The number of nitrogens with two attached hydrogens (primary N) is 1. The zero-order valence-electron chi connectivity index (χ0n) is 19.9. The highest BCUT2D eigenvalue weighted by Crippen LogP contribution is 2.50. The summed E-state index contributed by atoms with van der Waals surface area (Å²) in [4.78, 5) is 12.2. The number of alkyl halides is 4. The number of amides is 1. The van der Waals surface area contributed by atoms with Gasteiger partial charge in [0.15, 0.2) is 11.8 Å². The molecule has 5 rings (SSSR count). The van der Waals surface area contributed by atoms with Gasteiger partial charge in [0.25, 0.3) is 0 Å². The standard InChI is InChI=1S/C27H24ClF5N2O3/c28-23-18(30)10-20-17(21(23)22-16(25(34)36)6-7-19(24(22)31)37-26(32)33)11-27(38-20,13-4-2-1-3-5-13)12-35-15-8-14(29)9-15/h1-7,10,14-15,19,24,26,35H,8-9,11-12H2,(H2,34,36)/t14?,15?,19-,24?,27+/m0/s1. The van der Waals surface area contributed by atoms with E-state index in [0.29, 0.717) is 18.4 Å². The van der Waals surface area contributed by atoms with Crippen molar-refractivity contribution in [1.29, 1.82) is 0 Å². The van der Waals surface area contributed by atoms with Gasteiger partial charge in [-0.25, -0.2) is 13.2 Å². The van der Waals surface area contributed by atoms with Gasteiger partial charge in [0, 0.05) is 47.3 Å². The fraction of sp³-hybridized carbons (Fsp3) is 0.370. The summed E-state index contributed by atoms with van der Waals surface area (Å²) < 4.78 is 81.0. The van der Waals surface area contributed by atoms with Gasteiger partial charge in [-0.1, -0.05) is 54.1 Å². The second-order valence-corrected chi connectivity index (χ2v) is 10.0. The van der Waals surface area contributed by atoms with E-state index in [4.69, 9.17) is 22.1 Å². The molecule has 202 valence electrons. The van der Waals surface area contributed by atoms with Crippen LogP contribution in [0.1, 0.15) is 29.5 Å². The summed E-state index contributed by atoms with van der Waals surface area (Å²) in [7, 11) is 0. The molecule has 3 aliphatic rings. The van der Waals surface area contributed by atoms with E-state index in [-0.39, 0.29) is 41.5 Å². The van der Waals surface area contributed by atoms with Gasteiger partial charge < -0.3 is 20.5 Å². The lowest BCUT2D eigenvalue weighted by Crippen LogP contribution is -2.50. The maximum absolute atomic E-state index is 15.8. The molecule has 2 aromatic carbocycles. The molecular formula is C27H24ClF5N2O3. The molecule has 1 fully saturated rings. The molecule has 0 bridgehead atoms. The number of carbonyl (C=O) groups excluding carboxylic acids is 1. The monoisotopic (exact) mass is 554 g/mol. The number of carbonyl (C=O) groups is 1. The van der Waals surface area contributed by atoms with Gasteiger partial charge in [0.2, 0.25) is 5.91 Å². The molecule has 0 spiro atoms. The average Bonchev–Trinajstić information content (AvgIpc) is 3.23. The minimum atomic E-state index is -3.30. The van der Waals surface area contributed by atoms with Crippen LogP contribution < -0.4 is 15.8 Å². The van der Waals surface area contributed by atoms with Gasteiger partial charge in [-0.2, -0.15) is 8.78 Å². The molecule has 3 N–H and O–H groups in total. The van der Waals surface area contributed by atoms with Crippen molar-refractivity contribution in [2.24, 2.45) is 5.73 Å². The van der Waals surface area contributed by atoms with Gasteiger partial charge in [-0.05, 0) is 18.4 Å². The summed E-state index contributed by atoms with van der Waals surface area (Å²) in [6, 6.07) is 10.0.